The van der Waals surface area contributed by atoms with Gasteiger partial charge in [0, 0.05) is 11.1 Å². The summed E-state index contributed by atoms with van der Waals surface area (Å²) in [6, 6.07) is 19.7. The fraction of sp³-hybridized carbons (Fsp3) is 0.143. The van der Waals surface area contributed by atoms with E-state index in [0.717, 1.165) is 22.3 Å². The normalized spacial score (nSPS) is 13.6. The topological polar surface area (TPSA) is 55.4 Å². The van der Waals surface area contributed by atoms with Crippen LogP contribution in [0, 0.1) is 13.8 Å². The maximum Gasteiger partial charge on any atom is 0.241 e. The Morgan fingerprint density at radius 1 is 0.808 bits per heavy atom. The van der Waals surface area contributed by atoms with Crippen LogP contribution in [0.3, 0.4) is 0 Å². The third kappa shape index (κ3) is 2.89. The zero-order valence-corrected chi connectivity index (χ0v) is 15.4. The summed E-state index contributed by atoms with van der Waals surface area (Å²) in [6.07, 6.45) is 0. The molecule has 1 heterocycles. The van der Waals surface area contributed by atoms with Gasteiger partial charge in [-0.2, -0.15) is 4.72 Å². The molecule has 4 rings (SSSR count). The molecule has 0 atom stereocenters. The fourth-order valence-electron chi connectivity index (χ4n) is 3.14. The summed E-state index contributed by atoms with van der Waals surface area (Å²) >= 11 is 0. The average molecular weight is 365 g/mol. The van der Waals surface area contributed by atoms with E-state index < -0.39 is 16.1 Å². The van der Waals surface area contributed by atoms with Gasteiger partial charge in [0.1, 0.15) is 11.5 Å². The van der Waals surface area contributed by atoms with Gasteiger partial charge in [0.25, 0.3) is 0 Å². The first-order valence-corrected chi connectivity index (χ1v) is 9.89. The Hall–Kier alpha value is -2.63. The Morgan fingerprint density at radius 3 is 1.96 bits per heavy atom. The van der Waals surface area contributed by atoms with Gasteiger partial charge >= 0.3 is 0 Å². The number of ether oxygens (including phenoxy) is 1. The summed E-state index contributed by atoms with van der Waals surface area (Å²) in [5.41, 5.74) is 3.61. The minimum atomic E-state index is -3.69. The highest BCUT2D eigenvalue weighted by Crippen LogP contribution is 2.43. The molecule has 0 bridgehead atoms. The molecule has 4 nitrogen and oxygen atoms in total. The minimum absolute atomic E-state index is 0.266. The smallest absolute Gasteiger partial charge is 0.241 e. The number of hydrogen-bond donors (Lipinski definition) is 1. The molecule has 1 N–H and O–H groups in total. The highest BCUT2D eigenvalue weighted by atomic mass is 32.2. The van der Waals surface area contributed by atoms with E-state index in [2.05, 4.69) is 4.72 Å². The summed E-state index contributed by atoms with van der Waals surface area (Å²) < 4.78 is 34.9. The molecule has 3 aromatic carbocycles. The van der Waals surface area contributed by atoms with Gasteiger partial charge in [-0.15, -0.1) is 0 Å². The van der Waals surface area contributed by atoms with Crippen molar-refractivity contribution < 1.29 is 13.2 Å². The third-order valence-corrected chi connectivity index (χ3v) is 6.16. The van der Waals surface area contributed by atoms with E-state index in [-0.39, 0.29) is 4.90 Å². The van der Waals surface area contributed by atoms with Crippen molar-refractivity contribution >= 4 is 10.0 Å². The molecule has 0 fully saturated rings. The highest BCUT2D eigenvalue weighted by molar-refractivity contribution is 7.89. The highest BCUT2D eigenvalue weighted by Gasteiger charge is 2.30. The van der Waals surface area contributed by atoms with Crippen molar-refractivity contribution in [2.75, 3.05) is 0 Å². The lowest BCUT2D eigenvalue weighted by molar-refractivity contribution is 0.440. The molecule has 0 saturated heterocycles. The van der Waals surface area contributed by atoms with Crippen molar-refractivity contribution in [1.82, 2.24) is 4.72 Å². The monoisotopic (exact) mass is 365 g/mol. The zero-order valence-electron chi connectivity index (χ0n) is 14.6. The van der Waals surface area contributed by atoms with Crippen LogP contribution >= 0.6 is 0 Å². The largest absolute Gasteiger partial charge is 0.457 e. The van der Waals surface area contributed by atoms with E-state index in [0.29, 0.717) is 11.5 Å². The standard InChI is InChI=1S/C21H19NO3S/c1-14-11-12-16(13-15(14)2)26(23,24)22-21-17-7-3-5-9-19(17)25-20-10-6-4-8-18(20)21/h3-13,21-22H,1-2H3. The van der Waals surface area contributed by atoms with Crippen LogP contribution < -0.4 is 9.46 Å². The first kappa shape index (κ1) is 16.8. The predicted molar refractivity (Wildman–Crippen MR) is 101 cm³/mol. The molecule has 0 aromatic heterocycles. The molecular formula is C21H19NO3S. The van der Waals surface area contributed by atoms with Crippen LogP contribution in [0.5, 0.6) is 11.5 Å². The van der Waals surface area contributed by atoms with Crippen LogP contribution in [0.2, 0.25) is 0 Å². The van der Waals surface area contributed by atoms with Gasteiger partial charge in [0.05, 0.1) is 10.9 Å². The average Bonchev–Trinajstić information content (AvgIpc) is 2.63. The molecule has 0 aliphatic carbocycles. The summed E-state index contributed by atoms with van der Waals surface area (Å²) in [4.78, 5) is 0.266. The lowest BCUT2D eigenvalue weighted by Crippen LogP contribution is -2.31. The SMILES string of the molecule is Cc1ccc(S(=O)(=O)NC2c3ccccc3Oc3ccccc32)cc1C. The van der Waals surface area contributed by atoms with Gasteiger partial charge in [0.2, 0.25) is 10.0 Å². The predicted octanol–water partition coefficient (Wildman–Crippen LogP) is 4.48. The summed E-state index contributed by atoms with van der Waals surface area (Å²) in [7, 11) is -3.69. The van der Waals surface area contributed by atoms with Crippen LogP contribution in [0.15, 0.2) is 71.6 Å². The molecule has 0 amide bonds. The van der Waals surface area contributed by atoms with Gasteiger partial charge in [-0.05, 0) is 49.2 Å². The van der Waals surface area contributed by atoms with E-state index in [4.69, 9.17) is 4.74 Å². The third-order valence-electron chi connectivity index (χ3n) is 4.74. The maximum absolute atomic E-state index is 13.0. The molecule has 132 valence electrons. The number of fused-ring (bicyclic) bond motifs is 2. The molecule has 3 aromatic rings. The van der Waals surface area contributed by atoms with Crippen LogP contribution in [0.25, 0.3) is 0 Å². The Labute approximate surface area is 153 Å². The second kappa shape index (κ2) is 6.27. The molecule has 1 aliphatic rings. The number of benzene rings is 3. The van der Waals surface area contributed by atoms with Crippen LogP contribution in [-0.4, -0.2) is 8.42 Å². The van der Waals surface area contributed by atoms with Crippen molar-refractivity contribution in [2.45, 2.75) is 24.8 Å². The van der Waals surface area contributed by atoms with Crippen LogP contribution in [0.4, 0.5) is 0 Å². The Bertz CT molecular complexity index is 1040. The summed E-state index contributed by atoms with van der Waals surface area (Å²) in [5, 5.41) is 0. The number of aryl methyl sites for hydroxylation is 2. The van der Waals surface area contributed by atoms with E-state index >= 15 is 0 Å². The Kier molecular flexibility index (Phi) is 4.05. The number of para-hydroxylation sites is 2. The Morgan fingerprint density at radius 2 is 1.38 bits per heavy atom. The van der Waals surface area contributed by atoms with Crippen LogP contribution in [-0.2, 0) is 10.0 Å². The van der Waals surface area contributed by atoms with Crippen LogP contribution in [0.1, 0.15) is 28.3 Å². The number of rotatable bonds is 3. The van der Waals surface area contributed by atoms with Gasteiger partial charge in [0.15, 0.2) is 0 Å². The van der Waals surface area contributed by atoms with E-state index in [1.807, 2.05) is 68.4 Å². The maximum atomic E-state index is 13.0. The molecular weight excluding hydrogens is 346 g/mol. The molecule has 0 radical (unpaired) electrons. The lowest BCUT2D eigenvalue weighted by Gasteiger charge is -2.28. The molecule has 0 unspecified atom stereocenters. The molecule has 5 heteroatoms. The minimum Gasteiger partial charge on any atom is -0.457 e. The van der Waals surface area contributed by atoms with Gasteiger partial charge < -0.3 is 4.74 Å². The Balaban J connectivity index is 1.79. The van der Waals surface area contributed by atoms with Crippen molar-refractivity contribution in [3.63, 3.8) is 0 Å². The van der Waals surface area contributed by atoms with Crippen molar-refractivity contribution in [3.05, 3.63) is 89.0 Å². The lowest BCUT2D eigenvalue weighted by atomic mass is 9.95. The van der Waals surface area contributed by atoms with E-state index in [1.54, 1.807) is 12.1 Å². The molecule has 1 aliphatic heterocycles. The van der Waals surface area contributed by atoms with Gasteiger partial charge in [-0.3, -0.25) is 0 Å². The zero-order chi connectivity index (χ0) is 18.3. The second-order valence-corrected chi connectivity index (χ2v) is 8.19. The van der Waals surface area contributed by atoms with Gasteiger partial charge in [-0.25, -0.2) is 8.42 Å². The van der Waals surface area contributed by atoms with Crippen molar-refractivity contribution in [3.8, 4) is 11.5 Å². The van der Waals surface area contributed by atoms with E-state index in [1.165, 1.54) is 0 Å². The number of nitrogens with one attached hydrogen (secondary N) is 1. The summed E-state index contributed by atoms with van der Waals surface area (Å²) in [5.74, 6) is 1.33. The quantitative estimate of drug-likeness (QED) is 0.745. The summed E-state index contributed by atoms with van der Waals surface area (Å²) in [6.45, 7) is 3.87. The molecule has 0 spiro atoms. The van der Waals surface area contributed by atoms with Crippen molar-refractivity contribution in [1.29, 1.82) is 0 Å². The van der Waals surface area contributed by atoms with E-state index in [9.17, 15) is 8.42 Å². The number of sulfonamides is 1. The van der Waals surface area contributed by atoms with Crippen molar-refractivity contribution in [2.24, 2.45) is 0 Å². The second-order valence-electron chi connectivity index (χ2n) is 6.48. The fourth-order valence-corrected chi connectivity index (χ4v) is 4.42. The molecule has 0 saturated carbocycles. The first-order valence-electron chi connectivity index (χ1n) is 8.41. The number of hydrogen-bond acceptors (Lipinski definition) is 3. The first-order chi connectivity index (χ1) is 12.5. The molecule has 26 heavy (non-hydrogen) atoms. The van der Waals surface area contributed by atoms with Gasteiger partial charge in [-0.1, -0.05) is 42.5 Å².